The maximum atomic E-state index is 12.0. The topological polar surface area (TPSA) is 74.6 Å². The van der Waals surface area contributed by atoms with Crippen LogP contribution in [0.2, 0.25) is 0 Å². The molecule has 0 saturated carbocycles. The number of allylic oxidation sites excluding steroid dienone is 1. The summed E-state index contributed by atoms with van der Waals surface area (Å²) in [4.78, 5) is 0.361. The summed E-state index contributed by atoms with van der Waals surface area (Å²) >= 11 is 0. The summed E-state index contributed by atoms with van der Waals surface area (Å²) in [7, 11) is -4.64. The van der Waals surface area contributed by atoms with Crippen LogP contribution in [0.25, 0.3) is 0 Å². The SMILES string of the molecule is Cc1ccc(S(=O)(=O)CCCCC=CB(O)O)cc1. The zero-order valence-electron chi connectivity index (χ0n) is 11.0. The summed E-state index contributed by atoms with van der Waals surface area (Å²) in [6.07, 6.45) is 3.54. The van der Waals surface area contributed by atoms with Crippen LogP contribution in [0.4, 0.5) is 0 Å². The van der Waals surface area contributed by atoms with Crippen LogP contribution in [-0.2, 0) is 9.84 Å². The molecule has 0 heterocycles. The average Bonchev–Trinajstić information content (AvgIpc) is 2.34. The molecular formula is C13H19BO4S. The monoisotopic (exact) mass is 282 g/mol. The van der Waals surface area contributed by atoms with Gasteiger partial charge in [-0.15, -0.1) is 0 Å². The first-order chi connectivity index (χ1) is 8.92. The Morgan fingerprint density at radius 1 is 1.16 bits per heavy atom. The molecule has 0 fully saturated rings. The first-order valence-corrected chi connectivity index (χ1v) is 7.89. The molecule has 0 spiro atoms. The second-order valence-electron chi connectivity index (χ2n) is 4.47. The van der Waals surface area contributed by atoms with Gasteiger partial charge in [0.05, 0.1) is 10.6 Å². The summed E-state index contributed by atoms with van der Waals surface area (Å²) in [6, 6.07) is 6.84. The average molecular weight is 282 g/mol. The van der Waals surface area contributed by atoms with Crippen LogP contribution in [0, 0.1) is 6.92 Å². The molecule has 1 aromatic carbocycles. The molecular weight excluding hydrogens is 263 g/mol. The van der Waals surface area contributed by atoms with Crippen molar-refractivity contribution in [3.63, 3.8) is 0 Å². The molecule has 0 aromatic heterocycles. The van der Waals surface area contributed by atoms with Crippen molar-refractivity contribution < 1.29 is 18.5 Å². The molecule has 1 rings (SSSR count). The van der Waals surface area contributed by atoms with E-state index in [1.165, 1.54) is 5.98 Å². The fourth-order valence-electron chi connectivity index (χ4n) is 1.64. The van der Waals surface area contributed by atoms with E-state index >= 15 is 0 Å². The van der Waals surface area contributed by atoms with E-state index in [1.54, 1.807) is 30.3 Å². The van der Waals surface area contributed by atoms with Crippen LogP contribution in [0.15, 0.2) is 41.2 Å². The molecule has 19 heavy (non-hydrogen) atoms. The molecule has 6 heteroatoms. The Balaban J connectivity index is 2.41. The molecule has 0 aliphatic carbocycles. The van der Waals surface area contributed by atoms with Gasteiger partial charge < -0.3 is 10.0 Å². The summed E-state index contributed by atoms with van der Waals surface area (Å²) in [6.45, 7) is 1.91. The Kier molecular flexibility index (Phi) is 6.28. The van der Waals surface area contributed by atoms with Gasteiger partial charge in [0.25, 0.3) is 0 Å². The van der Waals surface area contributed by atoms with E-state index in [2.05, 4.69) is 0 Å². The van der Waals surface area contributed by atoms with Gasteiger partial charge in [0.15, 0.2) is 9.84 Å². The highest BCUT2D eigenvalue weighted by molar-refractivity contribution is 7.91. The van der Waals surface area contributed by atoms with Crippen LogP contribution in [0.3, 0.4) is 0 Å². The molecule has 2 N–H and O–H groups in total. The van der Waals surface area contributed by atoms with Crippen molar-refractivity contribution in [1.82, 2.24) is 0 Å². The molecule has 0 bridgehead atoms. The predicted molar refractivity (Wildman–Crippen MR) is 76.4 cm³/mol. The third-order valence-electron chi connectivity index (χ3n) is 2.72. The molecule has 1 aromatic rings. The van der Waals surface area contributed by atoms with Gasteiger partial charge in [0, 0.05) is 0 Å². The molecule has 4 nitrogen and oxygen atoms in total. The Bertz CT molecular complexity index is 506. The van der Waals surface area contributed by atoms with Crippen molar-refractivity contribution in [2.75, 3.05) is 5.75 Å². The third kappa shape index (κ3) is 6.05. The number of hydrogen-bond acceptors (Lipinski definition) is 4. The summed E-state index contributed by atoms with van der Waals surface area (Å²) in [5.41, 5.74) is 1.03. The van der Waals surface area contributed by atoms with Crippen LogP contribution in [0.1, 0.15) is 24.8 Å². The predicted octanol–water partition coefficient (Wildman–Crippen LogP) is 1.51. The highest BCUT2D eigenvalue weighted by Crippen LogP contribution is 2.14. The van der Waals surface area contributed by atoms with Gasteiger partial charge in [0.1, 0.15) is 0 Å². The number of benzene rings is 1. The fourth-order valence-corrected chi connectivity index (χ4v) is 3.01. The Morgan fingerprint density at radius 2 is 1.79 bits per heavy atom. The summed E-state index contributed by atoms with van der Waals surface area (Å²) in [5, 5.41) is 17.2. The van der Waals surface area contributed by atoms with E-state index in [0.717, 1.165) is 5.56 Å². The van der Waals surface area contributed by atoms with Crippen molar-refractivity contribution in [3.8, 4) is 0 Å². The van der Waals surface area contributed by atoms with Crippen LogP contribution >= 0.6 is 0 Å². The Hall–Kier alpha value is -1.11. The number of sulfone groups is 1. The minimum atomic E-state index is -3.20. The lowest BCUT2D eigenvalue weighted by Gasteiger charge is -2.04. The summed E-state index contributed by atoms with van der Waals surface area (Å²) < 4.78 is 24.0. The Labute approximate surface area is 114 Å². The summed E-state index contributed by atoms with van der Waals surface area (Å²) in [5.74, 6) is 1.39. The van der Waals surface area contributed by atoms with Gasteiger partial charge in [-0.3, -0.25) is 0 Å². The number of rotatable bonds is 7. The van der Waals surface area contributed by atoms with Crippen molar-refractivity contribution >= 4 is 17.0 Å². The maximum Gasteiger partial charge on any atom is 0.480 e. The minimum Gasteiger partial charge on any atom is -0.424 e. The van der Waals surface area contributed by atoms with E-state index < -0.39 is 17.0 Å². The molecule has 0 amide bonds. The smallest absolute Gasteiger partial charge is 0.424 e. The second kappa shape index (κ2) is 7.48. The van der Waals surface area contributed by atoms with Crippen molar-refractivity contribution in [2.24, 2.45) is 0 Å². The maximum absolute atomic E-state index is 12.0. The largest absolute Gasteiger partial charge is 0.480 e. The van der Waals surface area contributed by atoms with Crippen molar-refractivity contribution in [2.45, 2.75) is 31.1 Å². The van der Waals surface area contributed by atoms with Crippen molar-refractivity contribution in [1.29, 1.82) is 0 Å². The zero-order valence-corrected chi connectivity index (χ0v) is 11.8. The van der Waals surface area contributed by atoms with E-state index in [1.807, 2.05) is 6.92 Å². The van der Waals surface area contributed by atoms with Gasteiger partial charge in [0.2, 0.25) is 0 Å². The van der Waals surface area contributed by atoms with Crippen LogP contribution in [0.5, 0.6) is 0 Å². The molecule has 0 unspecified atom stereocenters. The first-order valence-electron chi connectivity index (χ1n) is 6.24. The number of aryl methyl sites for hydroxylation is 1. The molecule has 0 radical (unpaired) electrons. The fraction of sp³-hybridized carbons (Fsp3) is 0.385. The first kappa shape index (κ1) is 16.0. The van der Waals surface area contributed by atoms with E-state index in [0.29, 0.717) is 24.2 Å². The molecule has 0 aliphatic heterocycles. The van der Waals surface area contributed by atoms with Gasteiger partial charge in [-0.05, 0) is 38.3 Å². The highest BCUT2D eigenvalue weighted by atomic mass is 32.2. The van der Waals surface area contributed by atoms with Crippen LogP contribution < -0.4 is 0 Å². The lowest BCUT2D eigenvalue weighted by atomic mass is 9.91. The molecule has 104 valence electrons. The quantitative estimate of drug-likeness (QED) is 0.587. The van der Waals surface area contributed by atoms with Gasteiger partial charge in [-0.25, -0.2) is 8.42 Å². The highest BCUT2D eigenvalue weighted by Gasteiger charge is 2.13. The van der Waals surface area contributed by atoms with Gasteiger partial charge in [-0.2, -0.15) is 0 Å². The van der Waals surface area contributed by atoms with Gasteiger partial charge >= 0.3 is 7.12 Å². The lowest BCUT2D eigenvalue weighted by molar-refractivity contribution is 0.424. The zero-order chi connectivity index (χ0) is 14.3. The standard InChI is InChI=1S/C13H19BO4S/c1-12-6-8-13(9-7-12)19(17,18)11-5-3-2-4-10-14(15)16/h4,6-10,15-16H,2-3,5,11H2,1H3. The normalized spacial score (nSPS) is 11.9. The van der Waals surface area contributed by atoms with E-state index in [4.69, 9.17) is 10.0 Å². The Morgan fingerprint density at radius 3 is 2.37 bits per heavy atom. The van der Waals surface area contributed by atoms with E-state index in [9.17, 15) is 8.42 Å². The van der Waals surface area contributed by atoms with E-state index in [-0.39, 0.29) is 5.75 Å². The number of hydrogen-bond donors (Lipinski definition) is 2. The van der Waals surface area contributed by atoms with Crippen molar-refractivity contribution in [3.05, 3.63) is 41.9 Å². The number of unbranched alkanes of at least 4 members (excludes halogenated alkanes) is 2. The third-order valence-corrected chi connectivity index (χ3v) is 4.54. The molecule has 0 atom stereocenters. The van der Waals surface area contributed by atoms with Crippen LogP contribution in [-0.4, -0.2) is 31.3 Å². The lowest BCUT2D eigenvalue weighted by Crippen LogP contribution is -2.07. The molecule has 0 aliphatic rings. The molecule has 0 saturated heterocycles. The van der Waals surface area contributed by atoms with Gasteiger partial charge in [-0.1, -0.05) is 29.7 Å². The minimum absolute atomic E-state index is 0.117. The second-order valence-corrected chi connectivity index (χ2v) is 6.58.